The molecule has 0 saturated heterocycles. The van der Waals surface area contributed by atoms with E-state index >= 15 is 0 Å². The highest BCUT2D eigenvalue weighted by atomic mass is 16.6. The van der Waals surface area contributed by atoms with Gasteiger partial charge in [0.2, 0.25) is 5.82 Å². The molecule has 0 aliphatic carbocycles. The van der Waals surface area contributed by atoms with Gasteiger partial charge in [-0.25, -0.2) is 4.68 Å². The lowest BCUT2D eigenvalue weighted by Gasteiger charge is -2.15. The van der Waals surface area contributed by atoms with Crippen LogP contribution in [0, 0.1) is 21.4 Å². The number of hydrogen-bond acceptors (Lipinski definition) is 4. The maximum Gasteiger partial charge on any atom is 0.333 e. The molecule has 108 valence electrons. The van der Waals surface area contributed by atoms with Crippen molar-refractivity contribution < 1.29 is 4.92 Å². The smallest absolute Gasteiger partial charge is 0.333 e. The first-order valence-electron chi connectivity index (χ1n) is 6.61. The third-order valence-electron chi connectivity index (χ3n) is 2.83. The number of nitrogens with two attached hydrogens (primary N) is 1. The van der Waals surface area contributed by atoms with Gasteiger partial charge in [0.1, 0.15) is 5.69 Å². The Hall–Kier alpha value is -1.59. The molecule has 2 N–H and O–H groups in total. The van der Waals surface area contributed by atoms with Gasteiger partial charge in [-0.1, -0.05) is 34.6 Å². The highest BCUT2D eigenvalue weighted by Crippen LogP contribution is 2.31. The summed E-state index contributed by atoms with van der Waals surface area (Å²) < 4.78 is 1.57. The van der Waals surface area contributed by atoms with E-state index in [1.54, 1.807) is 4.68 Å². The summed E-state index contributed by atoms with van der Waals surface area (Å²) in [5, 5.41) is 15.5. The highest BCUT2D eigenvalue weighted by Gasteiger charge is 2.28. The van der Waals surface area contributed by atoms with E-state index in [0.29, 0.717) is 24.6 Å². The van der Waals surface area contributed by atoms with Crippen LogP contribution in [0.5, 0.6) is 0 Å². The normalized spacial score (nSPS) is 12.1. The van der Waals surface area contributed by atoms with Gasteiger partial charge in [0.25, 0.3) is 0 Å². The van der Waals surface area contributed by atoms with Crippen molar-refractivity contribution in [2.45, 2.75) is 54.0 Å². The molecule has 0 bridgehead atoms. The standard InChI is InChI=1S/C13H24N4O2/c1-9(2)6-7-16-12(14)11(17(18)19)10(15-16)8-13(3,4)5/h9H,6-8,14H2,1-5H3. The lowest BCUT2D eigenvalue weighted by molar-refractivity contribution is -0.384. The second-order valence-corrected chi connectivity index (χ2v) is 6.58. The van der Waals surface area contributed by atoms with Gasteiger partial charge >= 0.3 is 5.69 Å². The predicted molar refractivity (Wildman–Crippen MR) is 75.9 cm³/mol. The average Bonchev–Trinajstić information content (AvgIpc) is 2.49. The van der Waals surface area contributed by atoms with Gasteiger partial charge in [0, 0.05) is 13.0 Å². The van der Waals surface area contributed by atoms with E-state index in [1.807, 2.05) is 20.8 Å². The summed E-state index contributed by atoms with van der Waals surface area (Å²) >= 11 is 0. The van der Waals surface area contributed by atoms with E-state index < -0.39 is 4.92 Å². The number of nitrogens with zero attached hydrogens (tertiary/aromatic N) is 3. The van der Waals surface area contributed by atoms with Crippen LogP contribution in [0.1, 0.15) is 46.7 Å². The summed E-state index contributed by atoms with van der Waals surface area (Å²) in [6, 6.07) is 0. The van der Waals surface area contributed by atoms with Gasteiger partial charge < -0.3 is 5.73 Å². The zero-order valence-corrected chi connectivity index (χ0v) is 12.4. The quantitative estimate of drug-likeness (QED) is 0.656. The summed E-state index contributed by atoms with van der Waals surface area (Å²) in [6.45, 7) is 10.9. The van der Waals surface area contributed by atoms with E-state index in [-0.39, 0.29) is 16.9 Å². The Labute approximate surface area is 114 Å². The Kier molecular flexibility index (Phi) is 4.55. The molecule has 0 fully saturated rings. The topological polar surface area (TPSA) is 87.0 Å². The first-order chi connectivity index (χ1) is 8.61. The molecule has 6 heteroatoms. The molecule has 0 spiro atoms. The van der Waals surface area contributed by atoms with E-state index in [0.717, 1.165) is 6.42 Å². The summed E-state index contributed by atoms with van der Waals surface area (Å²) in [4.78, 5) is 10.7. The van der Waals surface area contributed by atoms with Gasteiger partial charge in [-0.05, 0) is 17.8 Å². The molecule has 1 rings (SSSR count). The van der Waals surface area contributed by atoms with E-state index in [4.69, 9.17) is 5.73 Å². The van der Waals surface area contributed by atoms with Gasteiger partial charge in [-0.15, -0.1) is 0 Å². The Morgan fingerprint density at radius 2 is 2.00 bits per heavy atom. The van der Waals surface area contributed by atoms with Crippen molar-refractivity contribution in [3.63, 3.8) is 0 Å². The molecule has 0 amide bonds. The molecule has 0 saturated carbocycles. The first-order valence-corrected chi connectivity index (χ1v) is 6.61. The number of rotatable bonds is 5. The molecule has 6 nitrogen and oxygen atoms in total. The van der Waals surface area contributed by atoms with Crippen LogP contribution in [0.2, 0.25) is 0 Å². The molecule has 1 aromatic rings. The number of anilines is 1. The van der Waals surface area contributed by atoms with Crippen molar-refractivity contribution in [3.05, 3.63) is 15.8 Å². The van der Waals surface area contributed by atoms with Crippen molar-refractivity contribution in [2.75, 3.05) is 5.73 Å². The van der Waals surface area contributed by atoms with Crippen molar-refractivity contribution >= 4 is 11.5 Å². The summed E-state index contributed by atoms with van der Waals surface area (Å²) in [5.74, 6) is 0.679. The minimum Gasteiger partial charge on any atom is -0.378 e. The second kappa shape index (κ2) is 5.59. The monoisotopic (exact) mass is 268 g/mol. The fourth-order valence-corrected chi connectivity index (χ4v) is 1.89. The fraction of sp³-hybridized carbons (Fsp3) is 0.769. The predicted octanol–water partition coefficient (Wildman–Crippen LogP) is 3.01. The molecule has 0 radical (unpaired) electrons. The third kappa shape index (κ3) is 4.22. The maximum atomic E-state index is 11.2. The first kappa shape index (κ1) is 15.5. The van der Waals surface area contributed by atoms with Gasteiger partial charge in [-0.2, -0.15) is 5.10 Å². The van der Waals surface area contributed by atoms with Gasteiger partial charge in [-0.3, -0.25) is 10.1 Å². The average molecular weight is 268 g/mol. The van der Waals surface area contributed by atoms with Crippen LogP contribution >= 0.6 is 0 Å². The summed E-state index contributed by atoms with van der Waals surface area (Å²) in [6.07, 6.45) is 1.44. The van der Waals surface area contributed by atoms with Gasteiger partial charge in [0.15, 0.2) is 0 Å². The van der Waals surface area contributed by atoms with Crippen LogP contribution in [-0.2, 0) is 13.0 Å². The van der Waals surface area contributed by atoms with E-state index in [2.05, 4.69) is 18.9 Å². The number of aromatic nitrogens is 2. The van der Waals surface area contributed by atoms with Crippen LogP contribution in [-0.4, -0.2) is 14.7 Å². The van der Waals surface area contributed by atoms with Crippen LogP contribution in [0.15, 0.2) is 0 Å². The Morgan fingerprint density at radius 1 is 1.42 bits per heavy atom. The van der Waals surface area contributed by atoms with Crippen LogP contribution in [0.25, 0.3) is 0 Å². The zero-order chi connectivity index (χ0) is 14.8. The third-order valence-corrected chi connectivity index (χ3v) is 2.83. The van der Waals surface area contributed by atoms with Crippen LogP contribution in [0.4, 0.5) is 11.5 Å². The second-order valence-electron chi connectivity index (χ2n) is 6.58. The van der Waals surface area contributed by atoms with Crippen molar-refractivity contribution in [3.8, 4) is 0 Å². The molecular weight excluding hydrogens is 244 g/mol. The summed E-state index contributed by atoms with van der Waals surface area (Å²) in [7, 11) is 0. The van der Waals surface area contributed by atoms with Crippen molar-refractivity contribution in [2.24, 2.45) is 11.3 Å². The largest absolute Gasteiger partial charge is 0.378 e. The van der Waals surface area contributed by atoms with Crippen molar-refractivity contribution in [1.82, 2.24) is 9.78 Å². The van der Waals surface area contributed by atoms with E-state index in [9.17, 15) is 10.1 Å². The van der Waals surface area contributed by atoms with Crippen LogP contribution < -0.4 is 5.73 Å². The number of hydrogen-bond donors (Lipinski definition) is 1. The number of aryl methyl sites for hydroxylation is 1. The zero-order valence-electron chi connectivity index (χ0n) is 12.4. The fourth-order valence-electron chi connectivity index (χ4n) is 1.89. The lowest BCUT2D eigenvalue weighted by atomic mass is 9.90. The minimum atomic E-state index is -0.421. The molecule has 19 heavy (non-hydrogen) atoms. The summed E-state index contributed by atoms with van der Waals surface area (Å²) in [5.41, 5.74) is 6.26. The molecule has 0 aliphatic heterocycles. The lowest BCUT2D eigenvalue weighted by Crippen LogP contribution is -2.11. The Morgan fingerprint density at radius 3 is 2.42 bits per heavy atom. The highest BCUT2D eigenvalue weighted by molar-refractivity contribution is 5.56. The van der Waals surface area contributed by atoms with E-state index in [1.165, 1.54) is 0 Å². The molecule has 1 heterocycles. The van der Waals surface area contributed by atoms with Crippen LogP contribution in [0.3, 0.4) is 0 Å². The molecule has 0 aliphatic rings. The van der Waals surface area contributed by atoms with Crippen molar-refractivity contribution in [1.29, 1.82) is 0 Å². The molecule has 0 atom stereocenters. The molecule has 0 aromatic carbocycles. The maximum absolute atomic E-state index is 11.2. The van der Waals surface area contributed by atoms with Gasteiger partial charge in [0.05, 0.1) is 4.92 Å². The number of nitro groups is 1. The Bertz CT molecular complexity index is 458. The minimum absolute atomic E-state index is 0.0290. The number of nitrogen functional groups attached to an aromatic ring is 1. The molecule has 1 aromatic heterocycles. The molecule has 0 unspecified atom stereocenters. The molecular formula is C13H24N4O2. The Balaban J connectivity index is 3.09. The SMILES string of the molecule is CC(C)CCn1nc(CC(C)(C)C)c([N+](=O)[O-])c1N.